The zero-order valence-corrected chi connectivity index (χ0v) is 10.5. The highest BCUT2D eigenvalue weighted by Gasteiger charge is 2.11. The Kier molecular flexibility index (Phi) is 3.72. The maximum atomic E-state index is 11.8. The maximum absolute atomic E-state index is 11.8. The van der Waals surface area contributed by atoms with Gasteiger partial charge in [0.1, 0.15) is 0 Å². The molecule has 0 aliphatic heterocycles. The highest BCUT2D eigenvalue weighted by atomic mass is 16.1. The molecule has 94 valence electrons. The van der Waals surface area contributed by atoms with E-state index in [-0.39, 0.29) is 5.91 Å². The second-order valence-corrected chi connectivity index (χ2v) is 4.19. The Morgan fingerprint density at radius 3 is 2.83 bits per heavy atom. The highest BCUT2D eigenvalue weighted by Crippen LogP contribution is 2.09. The van der Waals surface area contributed by atoms with Crippen molar-refractivity contribution in [2.24, 2.45) is 0 Å². The number of pyridine rings is 1. The van der Waals surface area contributed by atoms with E-state index in [1.807, 2.05) is 32.0 Å². The van der Waals surface area contributed by atoms with Crippen LogP contribution in [0.5, 0.6) is 0 Å². The number of nitrogens with zero attached hydrogens (tertiary/aromatic N) is 2. The molecule has 5 nitrogen and oxygen atoms in total. The van der Waals surface area contributed by atoms with Gasteiger partial charge in [0, 0.05) is 17.5 Å². The summed E-state index contributed by atoms with van der Waals surface area (Å²) in [6.45, 7) is 4.27. The summed E-state index contributed by atoms with van der Waals surface area (Å²) >= 11 is 0. The van der Waals surface area contributed by atoms with Crippen LogP contribution in [0.15, 0.2) is 24.4 Å². The van der Waals surface area contributed by atoms with Gasteiger partial charge in [-0.25, -0.2) is 0 Å². The topological polar surface area (TPSA) is 70.7 Å². The van der Waals surface area contributed by atoms with Crippen molar-refractivity contribution in [2.75, 3.05) is 0 Å². The molecule has 0 aliphatic rings. The fourth-order valence-corrected chi connectivity index (χ4v) is 1.75. The van der Waals surface area contributed by atoms with Crippen LogP contribution in [0.2, 0.25) is 0 Å². The average Bonchev–Trinajstić information content (AvgIpc) is 2.69. The third-order valence-electron chi connectivity index (χ3n) is 2.81. The van der Waals surface area contributed by atoms with Crippen LogP contribution in [0.3, 0.4) is 0 Å². The molecule has 0 fully saturated rings. The summed E-state index contributed by atoms with van der Waals surface area (Å²) in [5, 5.41) is 9.79. The number of H-pyrrole nitrogens is 1. The van der Waals surface area contributed by atoms with E-state index >= 15 is 0 Å². The van der Waals surface area contributed by atoms with E-state index in [0.717, 1.165) is 22.6 Å². The van der Waals surface area contributed by atoms with Crippen LogP contribution in [-0.4, -0.2) is 21.1 Å². The fourth-order valence-electron chi connectivity index (χ4n) is 1.75. The molecule has 2 N–H and O–H groups in total. The largest absolute Gasteiger partial charge is 0.350 e. The summed E-state index contributed by atoms with van der Waals surface area (Å²) in [6.07, 6.45) is 2.06. The molecule has 5 heteroatoms. The van der Waals surface area contributed by atoms with E-state index in [9.17, 15) is 4.79 Å². The molecule has 0 saturated heterocycles. The molecule has 2 heterocycles. The number of carbonyl (C=O) groups is 1. The van der Waals surface area contributed by atoms with Gasteiger partial charge in [0.2, 0.25) is 5.91 Å². The number of amides is 1. The van der Waals surface area contributed by atoms with E-state index < -0.39 is 0 Å². The molecule has 2 aromatic rings. The standard InChI is InChI=1S/C13H16N4O/c1-9-12(10(2)17-16-9)7-13(18)15-8-11-5-3-4-6-14-11/h3-6H,7-8H2,1-2H3,(H,15,18)(H,16,17). The third kappa shape index (κ3) is 2.94. The van der Waals surface area contributed by atoms with Crippen molar-refractivity contribution in [3.8, 4) is 0 Å². The van der Waals surface area contributed by atoms with Crippen LogP contribution in [0.25, 0.3) is 0 Å². The molecule has 0 aliphatic carbocycles. The molecule has 0 spiro atoms. The lowest BCUT2D eigenvalue weighted by atomic mass is 10.1. The first-order valence-electron chi connectivity index (χ1n) is 5.84. The fraction of sp³-hybridized carbons (Fsp3) is 0.308. The van der Waals surface area contributed by atoms with Gasteiger partial charge >= 0.3 is 0 Å². The van der Waals surface area contributed by atoms with Gasteiger partial charge in [0.05, 0.1) is 24.4 Å². The second-order valence-electron chi connectivity index (χ2n) is 4.19. The molecule has 1 amide bonds. The smallest absolute Gasteiger partial charge is 0.224 e. The molecule has 0 atom stereocenters. The summed E-state index contributed by atoms with van der Waals surface area (Å²) in [5.74, 6) is -0.0201. The summed E-state index contributed by atoms with van der Waals surface area (Å²) in [6, 6.07) is 5.64. The predicted molar refractivity (Wildman–Crippen MR) is 67.8 cm³/mol. The minimum Gasteiger partial charge on any atom is -0.350 e. The first-order chi connectivity index (χ1) is 8.66. The van der Waals surface area contributed by atoms with Crippen LogP contribution >= 0.6 is 0 Å². The van der Waals surface area contributed by atoms with Crippen LogP contribution in [0.4, 0.5) is 0 Å². The van der Waals surface area contributed by atoms with Crippen molar-refractivity contribution in [3.05, 3.63) is 47.0 Å². The van der Waals surface area contributed by atoms with E-state index in [1.165, 1.54) is 0 Å². The van der Waals surface area contributed by atoms with Gasteiger partial charge < -0.3 is 5.32 Å². The second kappa shape index (κ2) is 5.44. The van der Waals surface area contributed by atoms with Crippen LogP contribution < -0.4 is 5.32 Å². The predicted octanol–water partition coefficient (Wildman–Crippen LogP) is 1.28. The molecule has 2 rings (SSSR count). The van der Waals surface area contributed by atoms with Gasteiger partial charge in [0.15, 0.2) is 0 Å². The number of aryl methyl sites for hydroxylation is 2. The Morgan fingerprint density at radius 2 is 2.22 bits per heavy atom. The Morgan fingerprint density at radius 1 is 1.39 bits per heavy atom. The normalized spacial score (nSPS) is 10.3. The lowest BCUT2D eigenvalue weighted by molar-refractivity contribution is -0.120. The highest BCUT2D eigenvalue weighted by molar-refractivity contribution is 5.79. The quantitative estimate of drug-likeness (QED) is 0.851. The van der Waals surface area contributed by atoms with E-state index in [2.05, 4.69) is 20.5 Å². The molecule has 0 bridgehead atoms. The summed E-state index contributed by atoms with van der Waals surface area (Å²) in [7, 11) is 0. The van der Waals surface area contributed by atoms with Crippen molar-refractivity contribution < 1.29 is 4.79 Å². The molecule has 0 unspecified atom stereocenters. The van der Waals surface area contributed by atoms with Gasteiger partial charge in [0.25, 0.3) is 0 Å². The van der Waals surface area contributed by atoms with Gasteiger partial charge in [-0.3, -0.25) is 14.9 Å². The van der Waals surface area contributed by atoms with E-state index in [4.69, 9.17) is 0 Å². The minimum atomic E-state index is -0.0201. The van der Waals surface area contributed by atoms with Crippen molar-refractivity contribution >= 4 is 5.91 Å². The first kappa shape index (κ1) is 12.3. The molecule has 2 aromatic heterocycles. The summed E-state index contributed by atoms with van der Waals surface area (Å²) in [4.78, 5) is 16.0. The van der Waals surface area contributed by atoms with Crippen LogP contribution in [0, 0.1) is 13.8 Å². The Balaban J connectivity index is 1.90. The molecular weight excluding hydrogens is 228 g/mol. The van der Waals surface area contributed by atoms with Gasteiger partial charge in [-0.05, 0) is 26.0 Å². The summed E-state index contributed by atoms with van der Waals surface area (Å²) in [5.41, 5.74) is 3.64. The Bertz CT molecular complexity index is 514. The number of aromatic nitrogens is 3. The van der Waals surface area contributed by atoms with Crippen molar-refractivity contribution in [1.29, 1.82) is 0 Å². The zero-order chi connectivity index (χ0) is 13.0. The molecule has 0 radical (unpaired) electrons. The molecular formula is C13H16N4O. The van der Waals surface area contributed by atoms with Crippen LogP contribution in [0.1, 0.15) is 22.6 Å². The van der Waals surface area contributed by atoms with Crippen molar-refractivity contribution in [3.63, 3.8) is 0 Å². The monoisotopic (exact) mass is 244 g/mol. The van der Waals surface area contributed by atoms with Gasteiger partial charge in [-0.15, -0.1) is 0 Å². The molecule has 0 aromatic carbocycles. The lowest BCUT2D eigenvalue weighted by Crippen LogP contribution is -2.25. The van der Waals surface area contributed by atoms with E-state index in [1.54, 1.807) is 6.20 Å². The number of nitrogens with one attached hydrogen (secondary N) is 2. The minimum absolute atomic E-state index is 0.0201. The maximum Gasteiger partial charge on any atom is 0.224 e. The lowest BCUT2D eigenvalue weighted by Gasteiger charge is -2.04. The van der Waals surface area contributed by atoms with Crippen molar-refractivity contribution in [2.45, 2.75) is 26.8 Å². The SMILES string of the molecule is Cc1n[nH]c(C)c1CC(=O)NCc1ccccn1. The first-order valence-corrected chi connectivity index (χ1v) is 5.84. The number of aromatic amines is 1. The number of hydrogen-bond donors (Lipinski definition) is 2. The number of carbonyl (C=O) groups excluding carboxylic acids is 1. The molecule has 18 heavy (non-hydrogen) atoms. The number of rotatable bonds is 4. The third-order valence-corrected chi connectivity index (χ3v) is 2.81. The number of hydrogen-bond acceptors (Lipinski definition) is 3. The zero-order valence-electron chi connectivity index (χ0n) is 10.5. The van der Waals surface area contributed by atoms with Crippen molar-refractivity contribution in [1.82, 2.24) is 20.5 Å². The Labute approximate surface area is 106 Å². The van der Waals surface area contributed by atoms with Gasteiger partial charge in [-0.1, -0.05) is 6.07 Å². The van der Waals surface area contributed by atoms with Crippen LogP contribution in [-0.2, 0) is 17.8 Å². The summed E-state index contributed by atoms with van der Waals surface area (Å²) < 4.78 is 0. The Hall–Kier alpha value is -2.17. The van der Waals surface area contributed by atoms with E-state index in [0.29, 0.717) is 13.0 Å². The van der Waals surface area contributed by atoms with Gasteiger partial charge in [-0.2, -0.15) is 5.10 Å². The average molecular weight is 244 g/mol. The molecule has 0 saturated carbocycles.